The van der Waals surface area contributed by atoms with Crippen LogP contribution in [0.2, 0.25) is 5.02 Å². The van der Waals surface area contributed by atoms with E-state index in [0.29, 0.717) is 17.9 Å². The molecule has 0 aliphatic heterocycles. The van der Waals surface area contributed by atoms with E-state index in [1.54, 1.807) is 6.92 Å². The first-order valence-corrected chi connectivity index (χ1v) is 8.52. The number of nitrogens with one attached hydrogen (secondary N) is 1. The lowest BCUT2D eigenvalue weighted by molar-refractivity contribution is 0.505. The van der Waals surface area contributed by atoms with Gasteiger partial charge in [0.1, 0.15) is 9.84 Å². The molecule has 0 saturated carbocycles. The largest absolute Gasteiger partial charge is 0.271 e. The van der Waals surface area contributed by atoms with E-state index in [2.05, 4.69) is 5.43 Å². The third-order valence-electron chi connectivity index (χ3n) is 3.27. The molecular weight excluding hydrogens is 284 g/mol. The van der Waals surface area contributed by atoms with Gasteiger partial charge in [0.15, 0.2) is 0 Å². The Kier molecular flexibility index (Phi) is 6.26. The van der Waals surface area contributed by atoms with Gasteiger partial charge in [0.2, 0.25) is 0 Å². The molecule has 1 rings (SSSR count). The fourth-order valence-corrected chi connectivity index (χ4v) is 3.06. The van der Waals surface area contributed by atoms with Crippen LogP contribution < -0.4 is 11.3 Å². The standard InChI is InChI=1S/C13H21ClN2O2S/c1-3-19(17,18)9-5-8-13(16-15)11-6-4-7-12(14)10(11)2/h4,6-7,13,16H,3,5,8-9,15H2,1-2H3. The number of halogens is 1. The van der Waals surface area contributed by atoms with Crippen molar-refractivity contribution in [3.8, 4) is 0 Å². The summed E-state index contributed by atoms with van der Waals surface area (Å²) in [7, 11) is -2.92. The molecule has 0 fully saturated rings. The van der Waals surface area contributed by atoms with Gasteiger partial charge in [-0.3, -0.25) is 11.3 Å². The van der Waals surface area contributed by atoms with Crippen LogP contribution in [0.3, 0.4) is 0 Å². The number of hydrogen-bond acceptors (Lipinski definition) is 4. The summed E-state index contributed by atoms with van der Waals surface area (Å²) < 4.78 is 22.9. The fraction of sp³-hybridized carbons (Fsp3) is 0.538. The second kappa shape index (κ2) is 7.24. The van der Waals surface area contributed by atoms with Crippen molar-refractivity contribution in [2.24, 2.45) is 5.84 Å². The number of hydrogen-bond donors (Lipinski definition) is 2. The molecule has 1 aromatic rings. The second-order valence-electron chi connectivity index (χ2n) is 4.55. The molecule has 108 valence electrons. The quantitative estimate of drug-likeness (QED) is 0.599. The molecule has 19 heavy (non-hydrogen) atoms. The Labute approximate surface area is 120 Å². The smallest absolute Gasteiger partial charge is 0.150 e. The van der Waals surface area contributed by atoms with Crippen LogP contribution in [0.4, 0.5) is 0 Å². The lowest BCUT2D eigenvalue weighted by Gasteiger charge is -2.19. The van der Waals surface area contributed by atoms with Gasteiger partial charge in [-0.05, 0) is 37.0 Å². The number of hydrazine groups is 1. The van der Waals surface area contributed by atoms with Crippen molar-refractivity contribution in [2.75, 3.05) is 11.5 Å². The molecule has 4 nitrogen and oxygen atoms in total. The van der Waals surface area contributed by atoms with Crippen LogP contribution in [0.1, 0.15) is 36.9 Å². The maximum Gasteiger partial charge on any atom is 0.150 e. The number of benzene rings is 1. The lowest BCUT2D eigenvalue weighted by atomic mass is 9.98. The highest BCUT2D eigenvalue weighted by molar-refractivity contribution is 7.91. The van der Waals surface area contributed by atoms with Gasteiger partial charge in [0.05, 0.1) is 5.75 Å². The van der Waals surface area contributed by atoms with E-state index < -0.39 is 9.84 Å². The highest BCUT2D eigenvalue weighted by atomic mass is 35.5. The third-order valence-corrected chi connectivity index (χ3v) is 5.47. The van der Waals surface area contributed by atoms with Crippen LogP contribution >= 0.6 is 11.6 Å². The first-order chi connectivity index (χ1) is 8.91. The van der Waals surface area contributed by atoms with E-state index in [-0.39, 0.29) is 17.5 Å². The van der Waals surface area contributed by atoms with E-state index in [9.17, 15) is 8.42 Å². The van der Waals surface area contributed by atoms with Gasteiger partial charge in [-0.2, -0.15) is 0 Å². The summed E-state index contributed by atoms with van der Waals surface area (Å²) in [6.45, 7) is 3.60. The van der Waals surface area contributed by atoms with E-state index in [4.69, 9.17) is 17.4 Å². The summed E-state index contributed by atoms with van der Waals surface area (Å²) in [6.07, 6.45) is 1.24. The first-order valence-electron chi connectivity index (χ1n) is 6.33. The Bertz CT molecular complexity index is 517. The van der Waals surface area contributed by atoms with Crippen LogP contribution in [-0.4, -0.2) is 19.9 Å². The van der Waals surface area contributed by atoms with Crippen molar-refractivity contribution in [1.29, 1.82) is 0 Å². The van der Waals surface area contributed by atoms with Crippen LogP contribution in [-0.2, 0) is 9.84 Å². The number of nitrogens with two attached hydrogens (primary N) is 1. The SMILES string of the molecule is CCS(=O)(=O)CCCC(NN)c1cccc(Cl)c1C. The van der Waals surface area contributed by atoms with Gasteiger partial charge in [0.25, 0.3) is 0 Å². The minimum Gasteiger partial charge on any atom is -0.271 e. The van der Waals surface area contributed by atoms with E-state index in [0.717, 1.165) is 11.1 Å². The maximum atomic E-state index is 11.5. The van der Waals surface area contributed by atoms with Gasteiger partial charge in [-0.15, -0.1) is 0 Å². The van der Waals surface area contributed by atoms with Crippen LogP contribution in [0.25, 0.3) is 0 Å². The monoisotopic (exact) mass is 304 g/mol. The molecule has 0 saturated heterocycles. The van der Waals surface area contributed by atoms with Gasteiger partial charge in [0, 0.05) is 16.8 Å². The molecule has 0 heterocycles. The summed E-state index contributed by atoms with van der Waals surface area (Å²) in [4.78, 5) is 0. The maximum absolute atomic E-state index is 11.5. The molecule has 0 aliphatic carbocycles. The Morgan fingerprint density at radius 1 is 1.42 bits per heavy atom. The predicted octanol–water partition coefficient (Wildman–Crippen LogP) is 2.37. The molecule has 0 amide bonds. The van der Waals surface area contributed by atoms with Crippen molar-refractivity contribution >= 4 is 21.4 Å². The summed E-state index contributed by atoms with van der Waals surface area (Å²) in [5, 5.41) is 0.693. The molecule has 3 N–H and O–H groups in total. The summed E-state index contributed by atoms with van der Waals surface area (Å²) >= 11 is 6.08. The fourth-order valence-electron chi connectivity index (χ4n) is 1.98. The molecule has 0 spiro atoms. The van der Waals surface area contributed by atoms with Crippen LogP contribution in [0.15, 0.2) is 18.2 Å². The Hall–Kier alpha value is -0.620. The topological polar surface area (TPSA) is 72.2 Å². The van der Waals surface area contributed by atoms with Crippen molar-refractivity contribution < 1.29 is 8.42 Å². The molecule has 0 bridgehead atoms. The van der Waals surface area contributed by atoms with Crippen molar-refractivity contribution in [3.63, 3.8) is 0 Å². The van der Waals surface area contributed by atoms with Crippen LogP contribution in [0.5, 0.6) is 0 Å². The number of rotatable bonds is 7. The van der Waals surface area contributed by atoms with Crippen molar-refractivity contribution in [1.82, 2.24) is 5.43 Å². The normalized spacial score (nSPS) is 13.5. The molecule has 1 atom stereocenters. The molecule has 1 aromatic carbocycles. The minimum absolute atomic E-state index is 0.0780. The van der Waals surface area contributed by atoms with Gasteiger partial charge in [-0.1, -0.05) is 30.7 Å². The van der Waals surface area contributed by atoms with Crippen molar-refractivity contribution in [3.05, 3.63) is 34.3 Å². The highest BCUT2D eigenvalue weighted by Gasteiger charge is 2.15. The Morgan fingerprint density at radius 3 is 2.68 bits per heavy atom. The summed E-state index contributed by atoms with van der Waals surface area (Å²) in [5.74, 6) is 5.94. The third kappa shape index (κ3) is 4.76. The molecule has 0 radical (unpaired) electrons. The van der Waals surface area contributed by atoms with E-state index >= 15 is 0 Å². The van der Waals surface area contributed by atoms with Gasteiger partial charge in [-0.25, -0.2) is 8.42 Å². The molecule has 6 heteroatoms. The van der Waals surface area contributed by atoms with Gasteiger partial charge < -0.3 is 0 Å². The first kappa shape index (κ1) is 16.4. The molecule has 0 aromatic heterocycles. The average Bonchev–Trinajstić information content (AvgIpc) is 2.38. The van der Waals surface area contributed by atoms with Gasteiger partial charge >= 0.3 is 0 Å². The average molecular weight is 305 g/mol. The molecule has 0 aliphatic rings. The number of sulfone groups is 1. The zero-order valence-electron chi connectivity index (χ0n) is 11.3. The summed E-state index contributed by atoms with van der Waals surface area (Å²) in [5.41, 5.74) is 4.73. The van der Waals surface area contributed by atoms with Crippen molar-refractivity contribution in [2.45, 2.75) is 32.7 Å². The van der Waals surface area contributed by atoms with E-state index in [1.165, 1.54) is 0 Å². The lowest BCUT2D eigenvalue weighted by Crippen LogP contribution is -2.29. The minimum atomic E-state index is -2.92. The van der Waals surface area contributed by atoms with E-state index in [1.807, 2.05) is 25.1 Å². The predicted molar refractivity (Wildman–Crippen MR) is 79.8 cm³/mol. The summed E-state index contributed by atoms with van der Waals surface area (Å²) in [6, 6.07) is 5.58. The van der Waals surface area contributed by atoms with Crippen LogP contribution in [0, 0.1) is 6.92 Å². The Balaban J connectivity index is 2.71. The molecular formula is C13H21ClN2O2S. The second-order valence-corrected chi connectivity index (χ2v) is 7.43. The highest BCUT2D eigenvalue weighted by Crippen LogP contribution is 2.26. The molecule has 1 unspecified atom stereocenters. The Morgan fingerprint density at radius 2 is 2.11 bits per heavy atom. The zero-order chi connectivity index (χ0) is 14.5. The zero-order valence-corrected chi connectivity index (χ0v) is 12.9.